The number of amidine groups is 1. The largest absolute Gasteiger partial charge is 0.378 e. The van der Waals surface area contributed by atoms with E-state index in [1.54, 1.807) is 7.05 Å². The van der Waals surface area contributed by atoms with Gasteiger partial charge in [0.25, 0.3) is 0 Å². The lowest BCUT2D eigenvalue weighted by Crippen LogP contribution is -2.07. The summed E-state index contributed by atoms with van der Waals surface area (Å²) in [5.74, 6) is 0.673. The van der Waals surface area contributed by atoms with Crippen LogP contribution in [0.15, 0.2) is 39.5 Å². The van der Waals surface area contributed by atoms with Crippen LogP contribution in [0, 0.1) is 0 Å². The first kappa shape index (κ1) is 11.4. The van der Waals surface area contributed by atoms with Crippen molar-refractivity contribution in [2.45, 2.75) is 6.92 Å². The molecule has 0 amide bonds. The van der Waals surface area contributed by atoms with Crippen LogP contribution >= 0.6 is 0 Å². The molecule has 1 aromatic carbocycles. The van der Waals surface area contributed by atoms with Crippen molar-refractivity contribution in [2.75, 3.05) is 26.0 Å². The Bertz CT molecular complexity index is 363. The van der Waals surface area contributed by atoms with Gasteiger partial charge in [-0.15, -0.1) is 10.2 Å². The lowest BCUT2D eigenvalue weighted by Gasteiger charge is -2.11. The van der Waals surface area contributed by atoms with Crippen LogP contribution in [0.3, 0.4) is 0 Å². The van der Waals surface area contributed by atoms with Gasteiger partial charge in [-0.25, -0.2) is 0 Å². The molecule has 80 valence electrons. The number of hydrogen-bond donors (Lipinski definition) is 0. The van der Waals surface area contributed by atoms with Crippen molar-refractivity contribution in [1.82, 2.24) is 0 Å². The number of hydrogen-bond acceptors (Lipinski definition) is 3. The van der Waals surface area contributed by atoms with Crippen LogP contribution in [-0.4, -0.2) is 27.0 Å². The Labute approximate surface area is 90.4 Å². The van der Waals surface area contributed by atoms with Crippen molar-refractivity contribution >= 4 is 17.2 Å². The van der Waals surface area contributed by atoms with E-state index >= 15 is 0 Å². The third kappa shape index (κ3) is 3.50. The van der Waals surface area contributed by atoms with Crippen LogP contribution in [0.2, 0.25) is 0 Å². The summed E-state index contributed by atoms with van der Waals surface area (Å²) in [6.45, 7) is 1.82. The molecule has 0 saturated carbocycles. The van der Waals surface area contributed by atoms with E-state index in [-0.39, 0.29) is 0 Å². The number of azo groups is 1. The van der Waals surface area contributed by atoms with Crippen molar-refractivity contribution in [3.63, 3.8) is 0 Å². The molecule has 15 heavy (non-hydrogen) atoms. The van der Waals surface area contributed by atoms with Crippen molar-refractivity contribution in [3.05, 3.63) is 24.3 Å². The van der Waals surface area contributed by atoms with Gasteiger partial charge in [0.1, 0.15) is 5.84 Å². The normalized spacial score (nSPS) is 12.1. The lowest BCUT2D eigenvalue weighted by molar-refractivity contribution is 1.13. The maximum atomic E-state index is 4.05. The fraction of sp³-hybridized carbons (Fsp3) is 0.364. The fourth-order valence-electron chi connectivity index (χ4n) is 0.992. The van der Waals surface area contributed by atoms with E-state index in [1.807, 2.05) is 50.2 Å². The zero-order valence-electron chi connectivity index (χ0n) is 9.60. The standard InChI is InChI=1S/C11H16N4/c1-9(12-2)13-14-10-5-7-11(8-6-10)15(3)4/h5-8H,1-4H3. The van der Waals surface area contributed by atoms with Crippen molar-refractivity contribution in [1.29, 1.82) is 0 Å². The van der Waals surface area contributed by atoms with Crippen molar-refractivity contribution < 1.29 is 0 Å². The lowest BCUT2D eigenvalue weighted by atomic mass is 10.3. The summed E-state index contributed by atoms with van der Waals surface area (Å²) in [6, 6.07) is 7.88. The maximum Gasteiger partial charge on any atom is 0.142 e. The number of aliphatic imine (C=N–C) groups is 1. The van der Waals surface area contributed by atoms with E-state index in [1.165, 1.54) is 0 Å². The first-order valence-electron chi connectivity index (χ1n) is 4.76. The highest BCUT2D eigenvalue weighted by atomic mass is 15.1. The molecule has 0 aliphatic carbocycles. The van der Waals surface area contributed by atoms with Crippen LogP contribution < -0.4 is 4.90 Å². The van der Waals surface area contributed by atoms with Crippen LogP contribution in [0.4, 0.5) is 11.4 Å². The van der Waals surface area contributed by atoms with E-state index in [2.05, 4.69) is 15.2 Å². The molecule has 0 atom stereocenters. The Balaban J connectivity index is 2.77. The van der Waals surface area contributed by atoms with Gasteiger partial charge in [0, 0.05) is 26.8 Å². The quantitative estimate of drug-likeness (QED) is 0.415. The molecule has 0 fully saturated rings. The minimum Gasteiger partial charge on any atom is -0.378 e. The average Bonchev–Trinajstić information content (AvgIpc) is 2.26. The maximum absolute atomic E-state index is 4.05. The molecular weight excluding hydrogens is 188 g/mol. The first-order valence-corrected chi connectivity index (χ1v) is 4.76. The van der Waals surface area contributed by atoms with Crippen molar-refractivity contribution in [2.24, 2.45) is 15.2 Å². The molecule has 0 aliphatic heterocycles. The monoisotopic (exact) mass is 204 g/mol. The Kier molecular flexibility index (Phi) is 3.97. The summed E-state index contributed by atoms with van der Waals surface area (Å²) < 4.78 is 0. The van der Waals surface area contributed by atoms with Gasteiger partial charge < -0.3 is 4.90 Å². The summed E-state index contributed by atoms with van der Waals surface area (Å²) in [4.78, 5) is 5.94. The molecule has 0 N–H and O–H groups in total. The highest BCUT2D eigenvalue weighted by molar-refractivity contribution is 5.79. The molecule has 0 radical (unpaired) electrons. The van der Waals surface area contributed by atoms with Gasteiger partial charge in [-0.05, 0) is 31.2 Å². The Hall–Kier alpha value is -1.71. The second-order valence-electron chi connectivity index (χ2n) is 3.38. The number of rotatable bonds is 2. The zero-order valence-corrected chi connectivity index (χ0v) is 9.60. The third-order valence-electron chi connectivity index (χ3n) is 2.00. The SMILES string of the molecule is CN=C(C)N=Nc1ccc(N(C)C)cc1. The second-order valence-corrected chi connectivity index (χ2v) is 3.38. The van der Waals surface area contributed by atoms with Gasteiger partial charge in [-0.3, -0.25) is 4.99 Å². The molecule has 1 rings (SSSR count). The van der Waals surface area contributed by atoms with Crippen LogP contribution in [0.1, 0.15) is 6.92 Å². The predicted octanol–water partition coefficient (Wildman–Crippen LogP) is 2.88. The molecule has 0 heterocycles. The average molecular weight is 204 g/mol. The smallest absolute Gasteiger partial charge is 0.142 e. The van der Waals surface area contributed by atoms with E-state index < -0.39 is 0 Å². The Morgan fingerprint density at radius 1 is 1.13 bits per heavy atom. The van der Waals surface area contributed by atoms with Gasteiger partial charge in [0.05, 0.1) is 5.69 Å². The van der Waals surface area contributed by atoms with E-state index in [4.69, 9.17) is 0 Å². The molecule has 0 spiro atoms. The predicted molar refractivity (Wildman–Crippen MR) is 64.3 cm³/mol. The van der Waals surface area contributed by atoms with Crippen LogP contribution in [0.25, 0.3) is 0 Å². The van der Waals surface area contributed by atoms with E-state index in [0.717, 1.165) is 11.4 Å². The second kappa shape index (κ2) is 5.24. The molecular formula is C11H16N4. The molecule has 4 heteroatoms. The Morgan fingerprint density at radius 2 is 1.73 bits per heavy atom. The molecule has 0 saturated heterocycles. The fourth-order valence-corrected chi connectivity index (χ4v) is 0.992. The van der Waals surface area contributed by atoms with Gasteiger partial charge >= 0.3 is 0 Å². The molecule has 0 bridgehead atoms. The first-order chi connectivity index (χ1) is 7.13. The van der Waals surface area contributed by atoms with Gasteiger partial charge in [0.2, 0.25) is 0 Å². The molecule has 0 aromatic heterocycles. The molecule has 1 aromatic rings. The zero-order chi connectivity index (χ0) is 11.3. The number of benzene rings is 1. The summed E-state index contributed by atoms with van der Waals surface area (Å²) in [7, 11) is 5.71. The Morgan fingerprint density at radius 3 is 2.20 bits per heavy atom. The minimum absolute atomic E-state index is 0.673. The molecule has 0 unspecified atom stereocenters. The minimum atomic E-state index is 0.673. The molecule has 4 nitrogen and oxygen atoms in total. The van der Waals surface area contributed by atoms with E-state index in [0.29, 0.717) is 5.84 Å². The highest BCUT2D eigenvalue weighted by Gasteiger charge is 1.94. The van der Waals surface area contributed by atoms with Crippen LogP contribution in [0.5, 0.6) is 0 Å². The summed E-state index contributed by atoms with van der Waals surface area (Å²) in [6.07, 6.45) is 0. The van der Waals surface area contributed by atoms with Crippen LogP contribution in [-0.2, 0) is 0 Å². The number of anilines is 1. The topological polar surface area (TPSA) is 40.3 Å². The summed E-state index contributed by atoms with van der Waals surface area (Å²) in [5.41, 5.74) is 1.98. The highest BCUT2D eigenvalue weighted by Crippen LogP contribution is 2.18. The molecule has 0 aliphatic rings. The van der Waals surface area contributed by atoms with Gasteiger partial charge in [0.15, 0.2) is 0 Å². The van der Waals surface area contributed by atoms with Crippen molar-refractivity contribution in [3.8, 4) is 0 Å². The number of nitrogens with zero attached hydrogens (tertiary/aromatic N) is 4. The van der Waals surface area contributed by atoms with Gasteiger partial charge in [-0.1, -0.05) is 0 Å². The third-order valence-corrected chi connectivity index (χ3v) is 2.00. The van der Waals surface area contributed by atoms with Gasteiger partial charge in [-0.2, -0.15) is 0 Å². The summed E-state index contributed by atoms with van der Waals surface area (Å²) >= 11 is 0. The van der Waals surface area contributed by atoms with E-state index in [9.17, 15) is 0 Å². The summed E-state index contributed by atoms with van der Waals surface area (Å²) in [5, 5.41) is 8.00.